The fraction of sp³-hybridized carbons (Fsp3) is 0.947. The monoisotopic (exact) mass is 1380 g/mol. The van der Waals surface area contributed by atoms with E-state index in [2.05, 4.69) is 27.7 Å². The van der Waals surface area contributed by atoms with E-state index in [1.54, 1.807) is 0 Å². The minimum atomic E-state index is -4.95. The maximum absolute atomic E-state index is 13.1. The van der Waals surface area contributed by atoms with E-state index in [9.17, 15) is 43.2 Å². The summed E-state index contributed by atoms with van der Waals surface area (Å²) in [7, 11) is -9.91. The van der Waals surface area contributed by atoms with E-state index in [4.69, 9.17) is 37.0 Å². The Balaban J connectivity index is 5.24. The Morgan fingerprint density at radius 1 is 0.255 bits per heavy atom. The van der Waals surface area contributed by atoms with Crippen molar-refractivity contribution in [2.45, 2.75) is 418 Å². The zero-order chi connectivity index (χ0) is 69.0. The molecule has 0 aliphatic heterocycles. The van der Waals surface area contributed by atoms with Crippen molar-refractivity contribution in [3.63, 3.8) is 0 Å². The highest BCUT2D eigenvalue weighted by Gasteiger charge is 2.30. The van der Waals surface area contributed by atoms with Gasteiger partial charge in [0.2, 0.25) is 0 Å². The van der Waals surface area contributed by atoms with E-state index in [0.29, 0.717) is 25.7 Å². The van der Waals surface area contributed by atoms with Crippen LogP contribution >= 0.6 is 15.6 Å². The number of esters is 4. The number of carbonyl (C=O) groups is 4. The Bertz CT molecular complexity index is 1790. The van der Waals surface area contributed by atoms with E-state index < -0.39 is 97.5 Å². The van der Waals surface area contributed by atoms with Crippen molar-refractivity contribution in [3.05, 3.63) is 0 Å². The molecule has 0 spiro atoms. The smallest absolute Gasteiger partial charge is 0.462 e. The zero-order valence-electron chi connectivity index (χ0n) is 60.9. The lowest BCUT2D eigenvalue weighted by Gasteiger charge is -2.21. The van der Waals surface area contributed by atoms with Crippen molar-refractivity contribution in [1.29, 1.82) is 0 Å². The number of unbranched alkanes of at least 4 members (excludes halogenated alkanes) is 50. The van der Waals surface area contributed by atoms with Gasteiger partial charge in [0.1, 0.15) is 19.3 Å². The molecule has 0 radical (unpaired) electrons. The van der Waals surface area contributed by atoms with Crippen molar-refractivity contribution in [1.82, 2.24) is 0 Å². The molecule has 2 unspecified atom stereocenters. The number of aliphatic hydroxyl groups is 1. The molecule has 5 atom stereocenters. The maximum atomic E-state index is 13.1. The summed E-state index contributed by atoms with van der Waals surface area (Å²) in [6, 6.07) is 0. The molecule has 0 rings (SSSR count). The average molecular weight is 1380 g/mol. The van der Waals surface area contributed by atoms with Gasteiger partial charge in [-0.2, -0.15) is 0 Å². The molecule has 0 aliphatic rings. The summed E-state index contributed by atoms with van der Waals surface area (Å²) in [5.41, 5.74) is 0. The van der Waals surface area contributed by atoms with Gasteiger partial charge < -0.3 is 33.8 Å². The number of hydrogen-bond donors (Lipinski definition) is 3. The minimum Gasteiger partial charge on any atom is -0.462 e. The van der Waals surface area contributed by atoms with Crippen molar-refractivity contribution in [3.8, 4) is 0 Å². The molecule has 0 fully saturated rings. The van der Waals surface area contributed by atoms with E-state index in [-0.39, 0.29) is 25.7 Å². The van der Waals surface area contributed by atoms with Crippen LogP contribution in [0.1, 0.15) is 400 Å². The van der Waals surface area contributed by atoms with Gasteiger partial charge in [-0.25, -0.2) is 9.13 Å². The molecule has 0 heterocycles. The minimum absolute atomic E-state index is 0.108. The Morgan fingerprint density at radius 2 is 0.426 bits per heavy atom. The fourth-order valence-corrected chi connectivity index (χ4v) is 13.2. The highest BCUT2D eigenvalue weighted by Crippen LogP contribution is 2.45. The van der Waals surface area contributed by atoms with Crippen LogP contribution < -0.4 is 0 Å². The highest BCUT2D eigenvalue weighted by atomic mass is 31.2. The first-order chi connectivity index (χ1) is 45.7. The quantitative estimate of drug-likeness (QED) is 0.0222. The summed E-state index contributed by atoms with van der Waals surface area (Å²) >= 11 is 0. The van der Waals surface area contributed by atoms with Crippen LogP contribution in [0.3, 0.4) is 0 Å². The lowest BCUT2D eigenvalue weighted by Crippen LogP contribution is -2.30. The normalized spacial score (nSPS) is 13.9. The van der Waals surface area contributed by atoms with E-state index in [1.165, 1.54) is 231 Å². The first kappa shape index (κ1) is 92.1. The molecule has 17 nitrogen and oxygen atoms in total. The number of phosphoric ester groups is 2. The Kier molecular flexibility index (Phi) is 68.1. The summed E-state index contributed by atoms with van der Waals surface area (Å²) in [5.74, 6) is -2.11. The molecule has 0 aromatic carbocycles. The van der Waals surface area contributed by atoms with Gasteiger partial charge in [-0.05, 0) is 25.7 Å². The SMILES string of the molecule is CCCCCCCCCCCCCCCCCCCC(=O)O[C@H](COC(=O)CCCCCCCCCCCCCCC)COP(=O)(O)OC[C@@H](O)COP(=O)(O)OC[C@@H](COC(=O)CCCCCCCCCCCCC)OC(=O)CCCCCCCCCCCCCCC. The lowest BCUT2D eigenvalue weighted by molar-refractivity contribution is -0.161. The van der Waals surface area contributed by atoms with E-state index >= 15 is 0 Å². The standard InChI is InChI=1S/C75H146O17P2/c1-5-9-13-17-21-25-29-32-33-34-35-38-42-46-50-54-58-62-75(80)92-71(66-86-73(78)60-56-52-48-44-40-36-30-26-22-18-14-10-6-2)68-90-94(83,84)88-64-69(76)63-87-93(81,82)89-67-70(65-85-72(77)59-55-51-47-43-39-28-24-20-16-12-8-4)91-74(79)61-57-53-49-45-41-37-31-27-23-19-15-11-7-3/h69-71,76H,5-68H2,1-4H3,(H,81,82)(H,83,84)/t69-,70+,71+/m0/s1. The number of aliphatic hydroxyl groups excluding tert-OH is 1. The molecule has 3 N–H and O–H groups in total. The van der Waals surface area contributed by atoms with Gasteiger partial charge in [0.05, 0.1) is 26.4 Å². The van der Waals surface area contributed by atoms with Crippen molar-refractivity contribution < 1.29 is 80.2 Å². The van der Waals surface area contributed by atoms with Gasteiger partial charge in [-0.3, -0.25) is 37.3 Å². The van der Waals surface area contributed by atoms with Crippen LogP contribution in [0.25, 0.3) is 0 Å². The largest absolute Gasteiger partial charge is 0.472 e. The van der Waals surface area contributed by atoms with Crippen molar-refractivity contribution in [2.75, 3.05) is 39.6 Å². The number of ether oxygens (including phenoxy) is 4. The molecule has 94 heavy (non-hydrogen) atoms. The summed E-state index contributed by atoms with van der Waals surface area (Å²) in [6.07, 6.45) is 59.4. The molecule has 0 bridgehead atoms. The van der Waals surface area contributed by atoms with Crippen molar-refractivity contribution >= 4 is 39.5 Å². The predicted molar refractivity (Wildman–Crippen MR) is 382 cm³/mol. The van der Waals surface area contributed by atoms with Crippen LogP contribution in [0, 0.1) is 0 Å². The van der Waals surface area contributed by atoms with Crippen LogP contribution in [0.4, 0.5) is 0 Å². The Labute approximate surface area is 575 Å². The van der Waals surface area contributed by atoms with Gasteiger partial charge in [0.15, 0.2) is 12.2 Å². The Hall–Kier alpha value is -1.94. The summed E-state index contributed by atoms with van der Waals surface area (Å²) in [5, 5.41) is 10.6. The third-order valence-electron chi connectivity index (χ3n) is 17.6. The van der Waals surface area contributed by atoms with Crippen LogP contribution in [-0.2, 0) is 65.4 Å². The summed E-state index contributed by atoms with van der Waals surface area (Å²) in [4.78, 5) is 72.8. The number of carbonyl (C=O) groups excluding carboxylic acids is 4. The van der Waals surface area contributed by atoms with Crippen LogP contribution in [0.5, 0.6) is 0 Å². The topological polar surface area (TPSA) is 237 Å². The molecule has 0 saturated carbocycles. The van der Waals surface area contributed by atoms with Gasteiger partial charge >= 0.3 is 39.5 Å². The molecule has 0 aromatic heterocycles. The highest BCUT2D eigenvalue weighted by molar-refractivity contribution is 7.47. The van der Waals surface area contributed by atoms with Crippen LogP contribution in [0.2, 0.25) is 0 Å². The molecule has 0 aliphatic carbocycles. The molecule has 0 amide bonds. The van der Waals surface area contributed by atoms with Crippen LogP contribution in [-0.4, -0.2) is 96.7 Å². The molecule has 558 valence electrons. The molecule has 0 saturated heterocycles. The molecule has 0 aromatic rings. The second kappa shape index (κ2) is 69.5. The third kappa shape index (κ3) is 68.6. The number of phosphoric acid groups is 2. The maximum Gasteiger partial charge on any atom is 0.472 e. The summed E-state index contributed by atoms with van der Waals surface area (Å²) in [6.45, 7) is 4.99. The Morgan fingerprint density at radius 3 is 0.628 bits per heavy atom. The molecular weight excluding hydrogens is 1230 g/mol. The van der Waals surface area contributed by atoms with E-state index in [1.807, 2.05) is 0 Å². The fourth-order valence-electron chi connectivity index (χ4n) is 11.6. The van der Waals surface area contributed by atoms with Gasteiger partial charge in [0.25, 0.3) is 0 Å². The van der Waals surface area contributed by atoms with E-state index in [0.717, 1.165) is 89.9 Å². The lowest BCUT2D eigenvalue weighted by atomic mass is 10.0. The molecule has 19 heteroatoms. The third-order valence-corrected chi connectivity index (χ3v) is 19.5. The number of rotatable bonds is 76. The van der Waals surface area contributed by atoms with Crippen LogP contribution in [0.15, 0.2) is 0 Å². The van der Waals surface area contributed by atoms with Gasteiger partial charge in [-0.1, -0.05) is 349 Å². The second-order valence-corrected chi connectivity index (χ2v) is 29.9. The summed E-state index contributed by atoms with van der Waals surface area (Å²) < 4.78 is 68.5. The predicted octanol–water partition coefficient (Wildman–Crippen LogP) is 22.2. The van der Waals surface area contributed by atoms with Gasteiger partial charge in [0, 0.05) is 25.7 Å². The van der Waals surface area contributed by atoms with Gasteiger partial charge in [-0.15, -0.1) is 0 Å². The number of hydrogen-bond acceptors (Lipinski definition) is 15. The average Bonchev–Trinajstić information content (AvgIpc) is 3.05. The first-order valence-corrected chi connectivity index (χ1v) is 42.3. The first-order valence-electron chi connectivity index (χ1n) is 39.3. The second-order valence-electron chi connectivity index (χ2n) is 27.0. The van der Waals surface area contributed by atoms with Crippen molar-refractivity contribution in [2.24, 2.45) is 0 Å². The molecular formula is C75H146O17P2. The zero-order valence-corrected chi connectivity index (χ0v) is 62.7.